The van der Waals surface area contributed by atoms with E-state index in [0.717, 1.165) is 12.8 Å². The van der Waals surface area contributed by atoms with Gasteiger partial charge in [0.15, 0.2) is 0 Å². The fourth-order valence-corrected chi connectivity index (χ4v) is 3.11. The van der Waals surface area contributed by atoms with Crippen LogP contribution >= 0.6 is 0 Å². The summed E-state index contributed by atoms with van der Waals surface area (Å²) in [6.45, 7) is 2.31. The van der Waals surface area contributed by atoms with E-state index in [1.807, 2.05) is 30.0 Å². The first-order chi connectivity index (χ1) is 8.31. The van der Waals surface area contributed by atoms with Crippen molar-refractivity contribution in [3.05, 3.63) is 35.9 Å². The fourth-order valence-electron chi connectivity index (χ4n) is 3.11. The molecule has 2 bridgehead atoms. The molecule has 0 radical (unpaired) electrons. The number of hydrogen-bond donors (Lipinski definition) is 0. The van der Waals surface area contributed by atoms with Gasteiger partial charge in [0.25, 0.3) is 0 Å². The van der Waals surface area contributed by atoms with Crippen molar-refractivity contribution >= 4 is 6.09 Å². The Morgan fingerprint density at radius 1 is 1.35 bits per heavy atom. The van der Waals surface area contributed by atoms with Crippen LogP contribution in [-0.2, 0) is 4.74 Å². The topological polar surface area (TPSA) is 29.5 Å². The minimum atomic E-state index is -0.147. The second kappa shape index (κ2) is 4.06. The maximum atomic E-state index is 12.0. The van der Waals surface area contributed by atoms with Crippen LogP contribution in [0.25, 0.3) is 0 Å². The maximum Gasteiger partial charge on any atom is 0.410 e. The number of fused-ring (bicyclic) bond motifs is 1. The molecule has 0 unspecified atom stereocenters. The van der Waals surface area contributed by atoms with Gasteiger partial charge in [-0.25, -0.2) is 4.79 Å². The molecule has 2 aliphatic heterocycles. The number of benzene rings is 1. The molecule has 2 saturated heterocycles. The summed E-state index contributed by atoms with van der Waals surface area (Å²) in [6.07, 6.45) is 2.13. The molecule has 90 valence electrons. The van der Waals surface area contributed by atoms with Crippen molar-refractivity contribution in [2.75, 3.05) is 6.61 Å². The fraction of sp³-hybridized carbons (Fsp3) is 0.500. The van der Waals surface area contributed by atoms with Gasteiger partial charge in [-0.2, -0.15) is 0 Å². The van der Waals surface area contributed by atoms with Crippen LogP contribution in [0.5, 0.6) is 0 Å². The zero-order chi connectivity index (χ0) is 11.8. The molecule has 0 N–H and O–H groups in total. The summed E-state index contributed by atoms with van der Waals surface area (Å²) in [4.78, 5) is 13.9. The van der Waals surface area contributed by atoms with Crippen molar-refractivity contribution in [1.82, 2.24) is 4.90 Å². The van der Waals surface area contributed by atoms with Crippen molar-refractivity contribution in [1.29, 1.82) is 0 Å². The van der Waals surface area contributed by atoms with Gasteiger partial charge >= 0.3 is 6.09 Å². The van der Waals surface area contributed by atoms with E-state index >= 15 is 0 Å². The molecule has 3 heteroatoms. The van der Waals surface area contributed by atoms with Crippen molar-refractivity contribution in [3.8, 4) is 0 Å². The van der Waals surface area contributed by atoms with Crippen LogP contribution in [0.3, 0.4) is 0 Å². The van der Waals surface area contributed by atoms with Crippen LogP contribution in [0.1, 0.15) is 31.4 Å². The van der Waals surface area contributed by atoms with Crippen molar-refractivity contribution < 1.29 is 9.53 Å². The average Bonchev–Trinajstić information content (AvgIpc) is 2.84. The second-order valence-corrected chi connectivity index (χ2v) is 4.85. The molecular weight excluding hydrogens is 214 g/mol. The van der Waals surface area contributed by atoms with E-state index in [2.05, 4.69) is 12.1 Å². The number of amides is 1. The summed E-state index contributed by atoms with van der Waals surface area (Å²) in [6, 6.07) is 10.9. The largest absolute Gasteiger partial charge is 0.450 e. The highest BCUT2D eigenvalue weighted by atomic mass is 16.6. The molecule has 0 aromatic heterocycles. The lowest BCUT2D eigenvalue weighted by Crippen LogP contribution is -2.35. The maximum absolute atomic E-state index is 12.0. The number of nitrogens with zero attached hydrogens (tertiary/aromatic N) is 1. The SMILES string of the molecule is CCOC(=O)N1C2CC(C2)[C@H]1c1ccccc1. The number of carbonyl (C=O) groups is 1. The average molecular weight is 231 g/mol. The third-order valence-electron chi connectivity index (χ3n) is 3.91. The Bertz CT molecular complexity index is 411. The Morgan fingerprint density at radius 3 is 2.71 bits per heavy atom. The molecule has 1 atom stereocenters. The quantitative estimate of drug-likeness (QED) is 0.783. The molecule has 3 fully saturated rings. The van der Waals surface area contributed by atoms with Gasteiger partial charge in [-0.3, -0.25) is 4.90 Å². The van der Waals surface area contributed by atoms with E-state index in [-0.39, 0.29) is 12.1 Å². The van der Waals surface area contributed by atoms with Gasteiger partial charge in [0.1, 0.15) is 0 Å². The first kappa shape index (κ1) is 10.6. The van der Waals surface area contributed by atoms with E-state index < -0.39 is 0 Å². The lowest BCUT2D eigenvalue weighted by molar-refractivity contribution is 0.0959. The molecule has 4 rings (SSSR count). The molecular formula is C14H17NO2. The Morgan fingerprint density at radius 2 is 2.06 bits per heavy atom. The van der Waals surface area contributed by atoms with Crippen LogP contribution in [0.2, 0.25) is 0 Å². The first-order valence-corrected chi connectivity index (χ1v) is 6.31. The summed E-state index contributed by atoms with van der Waals surface area (Å²) >= 11 is 0. The molecule has 1 aromatic rings. The van der Waals surface area contributed by atoms with Crippen LogP contribution in [-0.4, -0.2) is 23.6 Å². The molecule has 1 amide bonds. The van der Waals surface area contributed by atoms with E-state index in [1.54, 1.807) is 0 Å². The first-order valence-electron chi connectivity index (χ1n) is 6.31. The lowest BCUT2D eigenvalue weighted by Gasteiger charge is -2.25. The molecule has 1 saturated carbocycles. The minimum Gasteiger partial charge on any atom is -0.450 e. The van der Waals surface area contributed by atoms with Crippen LogP contribution in [0.15, 0.2) is 30.3 Å². The summed E-state index contributed by atoms with van der Waals surface area (Å²) in [5.74, 6) is 0.631. The summed E-state index contributed by atoms with van der Waals surface area (Å²) in [7, 11) is 0. The van der Waals surface area contributed by atoms with Crippen molar-refractivity contribution in [2.45, 2.75) is 31.8 Å². The van der Waals surface area contributed by atoms with Gasteiger partial charge in [-0.05, 0) is 31.2 Å². The predicted molar refractivity (Wildman–Crippen MR) is 64.6 cm³/mol. The van der Waals surface area contributed by atoms with Crippen molar-refractivity contribution in [3.63, 3.8) is 0 Å². The highest BCUT2D eigenvalue weighted by Crippen LogP contribution is 2.53. The normalized spacial score (nSPS) is 29.9. The highest BCUT2D eigenvalue weighted by molar-refractivity contribution is 5.70. The van der Waals surface area contributed by atoms with Crippen LogP contribution < -0.4 is 0 Å². The summed E-state index contributed by atoms with van der Waals surface area (Å²) in [5, 5.41) is 0. The van der Waals surface area contributed by atoms with E-state index in [4.69, 9.17) is 4.74 Å². The second-order valence-electron chi connectivity index (χ2n) is 4.85. The standard InChI is InChI=1S/C14H17NO2/c1-2-17-14(16)15-12-8-11(9-12)13(15)10-6-4-3-5-7-10/h3-7,11-13H,2,8-9H2,1H3/t11?,12?,13-/m1/s1. The predicted octanol–water partition coefficient (Wildman–Crippen LogP) is 2.98. The highest BCUT2D eigenvalue weighted by Gasteiger charge is 2.53. The molecule has 1 aliphatic carbocycles. The Labute approximate surface area is 101 Å². The third-order valence-corrected chi connectivity index (χ3v) is 3.91. The van der Waals surface area contributed by atoms with E-state index in [1.165, 1.54) is 5.56 Å². The van der Waals surface area contributed by atoms with Gasteiger partial charge in [0.05, 0.1) is 12.6 Å². The summed E-state index contributed by atoms with van der Waals surface area (Å²) in [5.41, 5.74) is 1.24. The van der Waals surface area contributed by atoms with Crippen molar-refractivity contribution in [2.24, 2.45) is 5.92 Å². The van der Waals surface area contributed by atoms with Gasteiger partial charge in [0.2, 0.25) is 0 Å². The molecule has 3 aliphatic rings. The zero-order valence-electron chi connectivity index (χ0n) is 10.0. The third kappa shape index (κ3) is 1.61. The monoisotopic (exact) mass is 231 g/mol. The Hall–Kier alpha value is -1.51. The molecule has 0 spiro atoms. The van der Waals surface area contributed by atoms with E-state index in [0.29, 0.717) is 18.6 Å². The van der Waals surface area contributed by atoms with Gasteiger partial charge in [-0.1, -0.05) is 30.3 Å². The molecule has 1 aromatic carbocycles. The number of hydrogen-bond acceptors (Lipinski definition) is 2. The molecule has 3 nitrogen and oxygen atoms in total. The smallest absolute Gasteiger partial charge is 0.410 e. The number of rotatable bonds is 2. The summed E-state index contributed by atoms with van der Waals surface area (Å²) < 4.78 is 5.16. The van der Waals surface area contributed by atoms with Gasteiger partial charge in [-0.15, -0.1) is 0 Å². The van der Waals surface area contributed by atoms with Gasteiger partial charge < -0.3 is 4.74 Å². The zero-order valence-corrected chi connectivity index (χ0v) is 10.0. The molecule has 2 heterocycles. The Balaban J connectivity index is 1.86. The van der Waals surface area contributed by atoms with Gasteiger partial charge in [0, 0.05) is 6.04 Å². The van der Waals surface area contributed by atoms with E-state index in [9.17, 15) is 4.79 Å². The minimum absolute atomic E-state index is 0.147. The van der Waals surface area contributed by atoms with Crippen LogP contribution in [0, 0.1) is 5.92 Å². The lowest BCUT2D eigenvalue weighted by atomic mass is 9.81. The number of ether oxygens (including phenoxy) is 1. The number of carbonyl (C=O) groups excluding carboxylic acids is 1. The van der Waals surface area contributed by atoms with Crippen LogP contribution in [0.4, 0.5) is 4.79 Å². The Kier molecular flexibility index (Phi) is 2.54. The molecule has 17 heavy (non-hydrogen) atoms.